The molecule has 0 radical (unpaired) electrons. The Morgan fingerprint density at radius 3 is 0.680 bits per heavy atom. The molecule has 4 aliphatic rings. The van der Waals surface area contributed by atoms with E-state index in [-0.39, 0.29) is 0 Å². The van der Waals surface area contributed by atoms with Crippen LogP contribution in [0.3, 0.4) is 0 Å². The molecule has 0 unspecified atom stereocenters. The van der Waals surface area contributed by atoms with Crippen LogP contribution in [0.5, 0.6) is 0 Å². The van der Waals surface area contributed by atoms with Crippen LogP contribution in [0, 0.1) is 0 Å². The van der Waals surface area contributed by atoms with Gasteiger partial charge in [0.1, 0.15) is 0 Å². The van der Waals surface area contributed by atoms with E-state index >= 15 is 0 Å². The molecule has 1 heteroatoms. The van der Waals surface area contributed by atoms with Gasteiger partial charge in [-0.1, -0.05) is 0 Å². The Balaban J connectivity index is 1.70. The first-order valence-corrected chi connectivity index (χ1v) is 16.6. The molecule has 4 saturated carbocycles. The fourth-order valence-electron chi connectivity index (χ4n) is 7.90. The van der Waals surface area contributed by atoms with Crippen molar-refractivity contribution in [3.05, 3.63) is 0 Å². The third-order valence-corrected chi connectivity index (χ3v) is 23.8. The molecule has 25 heavy (non-hydrogen) atoms. The molecule has 0 nitrogen and oxygen atoms in total. The molecule has 4 fully saturated rings. The van der Waals surface area contributed by atoms with Gasteiger partial charge in [0.15, 0.2) is 0 Å². The van der Waals surface area contributed by atoms with Crippen LogP contribution in [0.4, 0.5) is 0 Å². The van der Waals surface area contributed by atoms with Crippen LogP contribution in [0.1, 0.15) is 128 Å². The van der Waals surface area contributed by atoms with Crippen molar-refractivity contribution in [1.82, 2.24) is 0 Å². The quantitative estimate of drug-likeness (QED) is 0.409. The van der Waals surface area contributed by atoms with Crippen LogP contribution in [0.15, 0.2) is 0 Å². The Morgan fingerprint density at radius 1 is 0.280 bits per heavy atom. The Bertz CT molecular complexity index is 301. The van der Waals surface area contributed by atoms with Crippen LogP contribution in [0.25, 0.3) is 0 Å². The molecule has 4 rings (SSSR count). The molecule has 0 aromatic carbocycles. The van der Waals surface area contributed by atoms with Crippen molar-refractivity contribution < 1.29 is 0 Å². The van der Waals surface area contributed by atoms with Crippen molar-refractivity contribution in [3.63, 3.8) is 0 Å². The van der Waals surface area contributed by atoms with Crippen molar-refractivity contribution in [2.45, 2.75) is 147 Å². The molecule has 0 N–H and O–H groups in total. The third kappa shape index (κ3) is 3.91. The molecular weight excluding hydrogens is 363 g/mol. The Morgan fingerprint density at radius 2 is 0.480 bits per heavy atom. The van der Waals surface area contributed by atoms with E-state index in [0.717, 1.165) is 0 Å². The molecule has 4 aliphatic carbocycles. The average molecular weight is 408 g/mol. The first-order chi connectivity index (χ1) is 12.4. The molecule has 0 aromatic rings. The minimum absolute atomic E-state index is 1.28. The first kappa shape index (κ1) is 18.9. The van der Waals surface area contributed by atoms with Crippen LogP contribution in [0.2, 0.25) is 18.8 Å². The predicted molar refractivity (Wildman–Crippen MR) is 113 cm³/mol. The Hall–Kier alpha value is 0.558. The van der Waals surface area contributed by atoms with Crippen molar-refractivity contribution in [3.8, 4) is 0 Å². The van der Waals surface area contributed by atoms with Crippen LogP contribution in [-0.4, -0.2) is 13.6 Å². The van der Waals surface area contributed by atoms with Gasteiger partial charge in [0, 0.05) is 0 Å². The van der Waals surface area contributed by atoms with Crippen molar-refractivity contribution in [2.24, 2.45) is 0 Å². The van der Waals surface area contributed by atoms with Crippen LogP contribution in [-0.2, 0) is 0 Å². The first-order valence-electron chi connectivity index (χ1n) is 12.3. The van der Waals surface area contributed by atoms with Crippen molar-refractivity contribution >= 4 is 13.6 Å². The molecule has 0 amide bonds. The summed E-state index contributed by atoms with van der Waals surface area (Å²) in [5.74, 6) is 0. The fourth-order valence-corrected chi connectivity index (χ4v) is 26.0. The zero-order valence-electron chi connectivity index (χ0n) is 16.9. The molecule has 0 atom stereocenters. The number of rotatable bonds is 4. The van der Waals surface area contributed by atoms with Gasteiger partial charge in [-0.05, 0) is 0 Å². The van der Waals surface area contributed by atoms with Gasteiger partial charge >= 0.3 is 161 Å². The zero-order valence-corrected chi connectivity index (χ0v) is 18.8. The molecule has 144 valence electrons. The summed E-state index contributed by atoms with van der Waals surface area (Å²) in [6.07, 6.45) is 32.4. The van der Waals surface area contributed by atoms with Gasteiger partial charge in [-0.2, -0.15) is 0 Å². The normalized spacial score (nSPS) is 29.8. The van der Waals surface area contributed by atoms with E-state index in [9.17, 15) is 0 Å². The molecule has 0 heterocycles. The van der Waals surface area contributed by atoms with E-state index in [2.05, 4.69) is 0 Å². The summed E-state index contributed by atoms with van der Waals surface area (Å²) in [6, 6.07) is 0. The summed E-state index contributed by atoms with van der Waals surface area (Å²) in [7, 11) is 0. The number of hydrogen-bond acceptors (Lipinski definition) is 0. The summed E-state index contributed by atoms with van der Waals surface area (Å²) in [6.45, 7) is 0. The second kappa shape index (κ2) is 9.17. The van der Waals surface area contributed by atoms with Gasteiger partial charge in [0.25, 0.3) is 0 Å². The van der Waals surface area contributed by atoms with E-state index in [1.54, 1.807) is 128 Å². The molecule has 0 spiro atoms. The van der Waals surface area contributed by atoms with E-state index in [1.165, 1.54) is 18.8 Å². The minimum atomic E-state index is -1.66. The van der Waals surface area contributed by atoms with Crippen molar-refractivity contribution in [1.29, 1.82) is 0 Å². The standard InChI is InChI=1S/C24H44As/c1-5-13-21(14-6-1)25(22-15-7-2-8-16-22,23-17-9-3-10-18-23)24-19-11-4-12-20-24/h21-24H,1-20H2/q+1. The summed E-state index contributed by atoms with van der Waals surface area (Å²) in [5.41, 5.74) is 0. The topological polar surface area (TPSA) is 0 Å². The van der Waals surface area contributed by atoms with Crippen LogP contribution >= 0.6 is 0 Å². The summed E-state index contributed by atoms with van der Waals surface area (Å²) in [4.78, 5) is 0. The fraction of sp³-hybridized carbons (Fsp3) is 1.00. The van der Waals surface area contributed by atoms with E-state index in [1.807, 2.05) is 0 Å². The molecule has 0 aromatic heterocycles. The van der Waals surface area contributed by atoms with Crippen molar-refractivity contribution in [2.75, 3.05) is 0 Å². The van der Waals surface area contributed by atoms with E-state index in [4.69, 9.17) is 0 Å². The maximum atomic E-state index is 1.68. The SMILES string of the molecule is C1CCC([As+](C2CCCCC2)(C2CCCCC2)C2CCCCC2)CC1. The molecule has 0 bridgehead atoms. The van der Waals surface area contributed by atoms with Gasteiger partial charge < -0.3 is 0 Å². The van der Waals surface area contributed by atoms with Gasteiger partial charge in [-0.15, -0.1) is 0 Å². The summed E-state index contributed by atoms with van der Waals surface area (Å²) in [5, 5.41) is 0. The van der Waals surface area contributed by atoms with E-state index in [0.29, 0.717) is 0 Å². The average Bonchev–Trinajstić information content (AvgIpc) is 2.72. The monoisotopic (exact) mass is 407 g/mol. The van der Waals surface area contributed by atoms with Gasteiger partial charge in [-0.3, -0.25) is 0 Å². The zero-order chi connectivity index (χ0) is 17.0. The molecular formula is C24H44As+. The summed E-state index contributed by atoms with van der Waals surface area (Å²) >= 11 is -1.66. The second-order valence-corrected chi connectivity index (χ2v) is 19.9. The number of hydrogen-bond donors (Lipinski definition) is 0. The molecule has 0 aliphatic heterocycles. The van der Waals surface area contributed by atoms with E-state index < -0.39 is 13.6 Å². The van der Waals surface area contributed by atoms with Gasteiger partial charge in [-0.25, -0.2) is 0 Å². The Labute approximate surface area is 160 Å². The van der Waals surface area contributed by atoms with Crippen LogP contribution < -0.4 is 0 Å². The maximum absolute atomic E-state index is 1.68. The molecule has 0 saturated heterocycles. The third-order valence-electron chi connectivity index (χ3n) is 8.83. The van der Waals surface area contributed by atoms with Gasteiger partial charge in [0.05, 0.1) is 0 Å². The predicted octanol–water partition coefficient (Wildman–Crippen LogP) is 8.77. The second-order valence-electron chi connectivity index (χ2n) is 10.1. The summed E-state index contributed by atoms with van der Waals surface area (Å²) < 4.78 is 5.12. The Kier molecular flexibility index (Phi) is 6.93. The van der Waals surface area contributed by atoms with Gasteiger partial charge in [0.2, 0.25) is 0 Å².